The summed E-state index contributed by atoms with van der Waals surface area (Å²) in [4.78, 5) is 37.7. The molecule has 0 unspecified atom stereocenters. The lowest BCUT2D eigenvalue weighted by atomic mass is 10.1. The summed E-state index contributed by atoms with van der Waals surface area (Å²) in [7, 11) is 4.22. The second kappa shape index (κ2) is 9.33. The van der Waals surface area contributed by atoms with Gasteiger partial charge in [-0.25, -0.2) is 0 Å². The summed E-state index contributed by atoms with van der Waals surface area (Å²) in [5, 5.41) is 14.1. The molecule has 31 heavy (non-hydrogen) atoms. The highest BCUT2D eigenvalue weighted by Crippen LogP contribution is 2.36. The molecule has 0 spiro atoms. The van der Waals surface area contributed by atoms with Gasteiger partial charge in [-0.1, -0.05) is 0 Å². The van der Waals surface area contributed by atoms with Crippen LogP contribution < -0.4 is 24.4 Å². The first-order chi connectivity index (χ1) is 14.9. The molecule has 1 aliphatic rings. The van der Waals surface area contributed by atoms with E-state index >= 15 is 0 Å². The molecule has 1 saturated heterocycles. The first kappa shape index (κ1) is 21.9. The van der Waals surface area contributed by atoms with Crippen molar-refractivity contribution in [2.45, 2.75) is 19.3 Å². The van der Waals surface area contributed by atoms with E-state index in [1.54, 1.807) is 23.1 Å². The molecular weight excluding hydrogens is 406 g/mol. The summed E-state index contributed by atoms with van der Waals surface area (Å²) in [6.07, 6.45) is 2.14. The Morgan fingerprint density at radius 1 is 1.03 bits per heavy atom. The smallest absolute Gasteiger partial charge is 0.286 e. The summed E-state index contributed by atoms with van der Waals surface area (Å²) >= 11 is 0. The van der Waals surface area contributed by atoms with E-state index in [9.17, 15) is 19.7 Å². The third-order valence-electron chi connectivity index (χ3n) is 4.99. The van der Waals surface area contributed by atoms with Gasteiger partial charge < -0.3 is 24.4 Å². The van der Waals surface area contributed by atoms with E-state index < -0.39 is 16.5 Å². The van der Waals surface area contributed by atoms with E-state index in [-0.39, 0.29) is 23.0 Å². The van der Waals surface area contributed by atoms with Gasteiger partial charge in [-0.3, -0.25) is 19.7 Å². The molecule has 1 fully saturated rings. The maximum atomic E-state index is 12.9. The number of methoxy groups -OCH3 is 3. The number of nitro groups is 1. The number of nitrogens with one attached hydrogen (secondary N) is 1. The summed E-state index contributed by atoms with van der Waals surface area (Å²) in [6.45, 7) is 0.549. The highest BCUT2D eigenvalue weighted by Gasteiger charge is 2.26. The van der Waals surface area contributed by atoms with Gasteiger partial charge in [0.15, 0.2) is 11.5 Å². The molecule has 0 aromatic heterocycles. The number of carbonyl (C=O) groups is 2. The van der Waals surface area contributed by atoms with E-state index in [0.29, 0.717) is 30.1 Å². The minimum atomic E-state index is -0.700. The van der Waals surface area contributed by atoms with Crippen LogP contribution in [0.5, 0.6) is 17.2 Å². The number of nitro benzene ring substituents is 1. The number of anilines is 2. The van der Waals surface area contributed by atoms with Crippen LogP contribution in [0.4, 0.5) is 17.1 Å². The lowest BCUT2D eigenvalue weighted by molar-refractivity contribution is -0.385. The first-order valence-corrected chi connectivity index (χ1v) is 9.59. The number of hydrogen-bond donors (Lipinski definition) is 1. The minimum absolute atomic E-state index is 0.0245. The average molecular weight is 429 g/mol. The van der Waals surface area contributed by atoms with E-state index in [1.165, 1.54) is 27.4 Å². The van der Waals surface area contributed by atoms with E-state index in [1.807, 2.05) is 0 Å². The van der Waals surface area contributed by atoms with Crippen molar-refractivity contribution < 1.29 is 28.7 Å². The Kier molecular flexibility index (Phi) is 6.58. The van der Waals surface area contributed by atoms with Crippen LogP contribution in [0, 0.1) is 10.1 Å². The lowest BCUT2D eigenvalue weighted by Crippen LogP contribution is -2.35. The number of rotatable bonds is 7. The molecule has 10 heteroatoms. The summed E-state index contributed by atoms with van der Waals surface area (Å²) in [5.41, 5.74) is 0.291. The number of hydrogen-bond acceptors (Lipinski definition) is 7. The molecular formula is C21H23N3O7. The topological polar surface area (TPSA) is 120 Å². The summed E-state index contributed by atoms with van der Waals surface area (Å²) < 4.78 is 15.6. The minimum Gasteiger partial charge on any atom is -0.495 e. The van der Waals surface area contributed by atoms with Crippen LogP contribution in [0.2, 0.25) is 0 Å². The number of nitrogens with zero attached hydrogens (tertiary/aromatic N) is 2. The van der Waals surface area contributed by atoms with Crippen LogP contribution in [0.3, 0.4) is 0 Å². The van der Waals surface area contributed by atoms with Crippen LogP contribution in [0.1, 0.15) is 29.6 Å². The largest absolute Gasteiger partial charge is 0.495 e. The number of amides is 2. The maximum absolute atomic E-state index is 12.9. The third-order valence-corrected chi connectivity index (χ3v) is 4.99. The Balaban J connectivity index is 1.96. The molecule has 0 bridgehead atoms. The molecule has 2 aromatic rings. The zero-order chi connectivity index (χ0) is 22.5. The maximum Gasteiger partial charge on any atom is 0.286 e. The second-order valence-electron chi connectivity index (χ2n) is 6.82. The molecule has 0 saturated carbocycles. The van der Waals surface area contributed by atoms with Crippen molar-refractivity contribution in [1.29, 1.82) is 0 Å². The van der Waals surface area contributed by atoms with Gasteiger partial charge in [-0.05, 0) is 31.0 Å². The fraction of sp³-hybridized carbons (Fsp3) is 0.333. The molecule has 1 heterocycles. The Morgan fingerprint density at radius 2 is 1.71 bits per heavy atom. The van der Waals surface area contributed by atoms with Gasteiger partial charge in [0.2, 0.25) is 5.91 Å². The molecule has 2 aromatic carbocycles. The Morgan fingerprint density at radius 3 is 2.32 bits per heavy atom. The Hall–Kier alpha value is -3.82. The highest BCUT2D eigenvalue weighted by atomic mass is 16.6. The van der Waals surface area contributed by atoms with Crippen molar-refractivity contribution in [3.05, 3.63) is 46.0 Å². The van der Waals surface area contributed by atoms with Gasteiger partial charge in [0.25, 0.3) is 11.6 Å². The van der Waals surface area contributed by atoms with Gasteiger partial charge in [0, 0.05) is 24.7 Å². The Labute approximate surface area is 178 Å². The molecule has 164 valence electrons. The Bertz CT molecular complexity index is 1020. The van der Waals surface area contributed by atoms with Gasteiger partial charge in [-0.2, -0.15) is 0 Å². The second-order valence-corrected chi connectivity index (χ2v) is 6.82. The van der Waals surface area contributed by atoms with Gasteiger partial charge in [0.1, 0.15) is 11.3 Å². The fourth-order valence-electron chi connectivity index (χ4n) is 3.44. The molecule has 1 aliphatic heterocycles. The van der Waals surface area contributed by atoms with E-state index in [2.05, 4.69) is 5.32 Å². The molecule has 3 rings (SSSR count). The van der Waals surface area contributed by atoms with Gasteiger partial charge in [-0.15, -0.1) is 0 Å². The van der Waals surface area contributed by atoms with Crippen molar-refractivity contribution in [3.63, 3.8) is 0 Å². The zero-order valence-corrected chi connectivity index (χ0v) is 17.5. The van der Waals surface area contributed by atoms with Gasteiger partial charge >= 0.3 is 0 Å². The molecule has 10 nitrogen and oxygen atoms in total. The van der Waals surface area contributed by atoms with E-state index in [4.69, 9.17) is 14.2 Å². The first-order valence-electron chi connectivity index (χ1n) is 9.59. The molecule has 2 amide bonds. The molecule has 0 atom stereocenters. The van der Waals surface area contributed by atoms with Crippen molar-refractivity contribution in [2.24, 2.45) is 0 Å². The quantitative estimate of drug-likeness (QED) is 0.529. The van der Waals surface area contributed by atoms with Crippen LogP contribution >= 0.6 is 0 Å². The van der Waals surface area contributed by atoms with Crippen molar-refractivity contribution >= 4 is 28.9 Å². The SMILES string of the molecule is COc1cc(C(=O)Nc2ccc(OC)c(N3CCCCC3=O)c2)c([N+](=O)[O-])cc1OC. The summed E-state index contributed by atoms with van der Waals surface area (Å²) in [5.74, 6) is 0.0938. The molecule has 1 N–H and O–H groups in total. The molecule has 0 radical (unpaired) electrons. The standard InChI is InChI=1S/C21H23N3O7/c1-29-17-8-7-13(10-16(17)23-9-5-4-6-20(23)25)22-21(26)14-11-18(30-2)19(31-3)12-15(14)24(27)28/h7-8,10-12H,4-6,9H2,1-3H3,(H,22,26). The molecule has 0 aliphatic carbocycles. The fourth-order valence-corrected chi connectivity index (χ4v) is 3.44. The normalized spacial score (nSPS) is 13.5. The zero-order valence-electron chi connectivity index (χ0n) is 17.5. The van der Waals surface area contributed by atoms with Gasteiger partial charge in [0.05, 0.1) is 38.0 Å². The summed E-state index contributed by atoms with van der Waals surface area (Å²) in [6, 6.07) is 7.24. The monoisotopic (exact) mass is 429 g/mol. The average Bonchev–Trinajstić information content (AvgIpc) is 2.78. The lowest BCUT2D eigenvalue weighted by Gasteiger charge is -2.28. The van der Waals surface area contributed by atoms with Crippen LogP contribution in [-0.2, 0) is 4.79 Å². The predicted molar refractivity (Wildman–Crippen MR) is 113 cm³/mol. The number of piperidine rings is 1. The predicted octanol–water partition coefficient (Wildman–Crippen LogP) is 3.39. The number of carbonyl (C=O) groups excluding carboxylic acids is 2. The third kappa shape index (κ3) is 4.52. The van der Waals surface area contributed by atoms with Crippen molar-refractivity contribution in [3.8, 4) is 17.2 Å². The van der Waals surface area contributed by atoms with Crippen molar-refractivity contribution in [2.75, 3.05) is 38.1 Å². The van der Waals surface area contributed by atoms with Crippen LogP contribution in [0.25, 0.3) is 0 Å². The highest BCUT2D eigenvalue weighted by molar-refractivity contribution is 6.08. The van der Waals surface area contributed by atoms with E-state index in [0.717, 1.165) is 18.9 Å². The van der Waals surface area contributed by atoms with Crippen LogP contribution in [-0.4, -0.2) is 44.6 Å². The van der Waals surface area contributed by atoms with Crippen LogP contribution in [0.15, 0.2) is 30.3 Å². The number of benzene rings is 2. The number of ether oxygens (including phenoxy) is 3. The van der Waals surface area contributed by atoms with Crippen molar-refractivity contribution in [1.82, 2.24) is 0 Å².